The third-order valence-corrected chi connectivity index (χ3v) is 6.55. The van der Waals surface area contributed by atoms with E-state index in [0.717, 1.165) is 31.8 Å². The van der Waals surface area contributed by atoms with Gasteiger partial charge in [0.1, 0.15) is 11.3 Å². The lowest BCUT2D eigenvalue weighted by Crippen LogP contribution is -2.56. The van der Waals surface area contributed by atoms with Crippen LogP contribution in [0.15, 0.2) is 24.3 Å². The van der Waals surface area contributed by atoms with Gasteiger partial charge >= 0.3 is 6.03 Å². The summed E-state index contributed by atoms with van der Waals surface area (Å²) in [7, 11) is 5.61. The van der Waals surface area contributed by atoms with Crippen LogP contribution in [0.5, 0.6) is 5.75 Å². The molecule has 3 rings (SSSR count). The maximum Gasteiger partial charge on any atom is 0.327 e. The number of ether oxygens (including phenoxy) is 1. The fourth-order valence-corrected chi connectivity index (χ4v) is 4.57. The van der Waals surface area contributed by atoms with Gasteiger partial charge in [-0.25, -0.2) is 4.79 Å². The van der Waals surface area contributed by atoms with Crippen molar-refractivity contribution in [3.05, 3.63) is 29.8 Å². The Kier molecular flexibility index (Phi) is 7.59. The van der Waals surface area contributed by atoms with Crippen molar-refractivity contribution in [2.24, 2.45) is 5.92 Å². The molecule has 0 unspecified atom stereocenters. The third-order valence-electron chi connectivity index (χ3n) is 6.55. The Hall–Kier alpha value is -2.12. The van der Waals surface area contributed by atoms with E-state index in [9.17, 15) is 9.59 Å². The van der Waals surface area contributed by atoms with Crippen molar-refractivity contribution >= 4 is 11.9 Å². The molecule has 0 bridgehead atoms. The predicted octanol–water partition coefficient (Wildman–Crippen LogP) is 2.90. The second kappa shape index (κ2) is 10.0. The van der Waals surface area contributed by atoms with Crippen molar-refractivity contribution in [3.63, 3.8) is 0 Å². The molecule has 7 heteroatoms. The topological polar surface area (TPSA) is 56.3 Å². The first-order valence-corrected chi connectivity index (χ1v) is 11.4. The van der Waals surface area contributed by atoms with Crippen LogP contribution in [-0.4, -0.2) is 91.0 Å². The summed E-state index contributed by atoms with van der Waals surface area (Å²) < 4.78 is 5.34. The zero-order valence-corrected chi connectivity index (χ0v) is 19.8. The quantitative estimate of drug-likeness (QED) is 0.564. The molecule has 2 fully saturated rings. The number of rotatable bonds is 9. The first kappa shape index (κ1) is 23.5. The number of imide groups is 1. The largest absolute Gasteiger partial charge is 0.497 e. The van der Waals surface area contributed by atoms with Crippen LogP contribution in [0.3, 0.4) is 0 Å². The number of carbonyl (C=O) groups excluding carboxylic acids is 2. The average molecular weight is 431 g/mol. The molecule has 0 N–H and O–H groups in total. The number of hydrogen-bond acceptors (Lipinski definition) is 5. The minimum atomic E-state index is -0.677. The van der Waals surface area contributed by atoms with Crippen LogP contribution in [0.2, 0.25) is 0 Å². The van der Waals surface area contributed by atoms with E-state index in [1.807, 2.05) is 36.0 Å². The van der Waals surface area contributed by atoms with Gasteiger partial charge < -0.3 is 14.5 Å². The Morgan fingerprint density at radius 3 is 2.45 bits per heavy atom. The summed E-state index contributed by atoms with van der Waals surface area (Å²) in [4.78, 5) is 34.5. The van der Waals surface area contributed by atoms with Crippen LogP contribution in [0.1, 0.15) is 38.7 Å². The number of benzene rings is 1. The molecule has 3 amide bonds. The lowest BCUT2D eigenvalue weighted by Gasteiger charge is -2.42. The number of methoxy groups -OCH3 is 1. The molecule has 2 aliphatic rings. The molecule has 0 saturated carbocycles. The van der Waals surface area contributed by atoms with Gasteiger partial charge in [0.15, 0.2) is 0 Å². The standard InChI is InChI=1S/C24H38N4O3/c1-19(2)9-12-28-23(30)27(16-15-25(3)4)22(29)24(28)10-13-26(14-11-24)18-20-7-6-8-21(17-20)31-5/h6-8,17,19H,9-16,18H2,1-5H3. The first-order chi connectivity index (χ1) is 14.8. The number of carbonyl (C=O) groups is 2. The molecule has 172 valence electrons. The maximum atomic E-state index is 13.5. The molecular formula is C24H38N4O3. The van der Waals surface area contributed by atoms with Crippen LogP contribution < -0.4 is 4.74 Å². The summed E-state index contributed by atoms with van der Waals surface area (Å²) in [6.45, 7) is 8.55. The molecule has 7 nitrogen and oxygen atoms in total. The second-order valence-electron chi connectivity index (χ2n) is 9.54. The fourth-order valence-electron chi connectivity index (χ4n) is 4.57. The Balaban J connectivity index is 1.72. The zero-order valence-electron chi connectivity index (χ0n) is 19.8. The van der Waals surface area contributed by atoms with E-state index in [1.54, 1.807) is 7.11 Å². The Labute approximate surface area is 186 Å². The second-order valence-corrected chi connectivity index (χ2v) is 9.54. The Morgan fingerprint density at radius 1 is 1.13 bits per heavy atom. The summed E-state index contributed by atoms with van der Waals surface area (Å²) in [5.74, 6) is 1.35. The highest BCUT2D eigenvalue weighted by Crippen LogP contribution is 2.38. The van der Waals surface area contributed by atoms with Crippen molar-refractivity contribution in [2.75, 3.05) is 53.9 Å². The summed E-state index contributed by atoms with van der Waals surface area (Å²) in [5, 5.41) is 0. The Morgan fingerprint density at radius 2 is 1.84 bits per heavy atom. The average Bonchev–Trinajstić information content (AvgIpc) is 2.92. The molecule has 2 heterocycles. The highest BCUT2D eigenvalue weighted by molar-refractivity contribution is 6.07. The third kappa shape index (κ3) is 5.21. The molecular weight excluding hydrogens is 392 g/mol. The van der Waals surface area contributed by atoms with E-state index in [-0.39, 0.29) is 11.9 Å². The number of urea groups is 1. The Bertz CT molecular complexity index is 772. The fraction of sp³-hybridized carbons (Fsp3) is 0.667. The molecule has 0 atom stereocenters. The van der Waals surface area contributed by atoms with E-state index in [1.165, 1.54) is 10.5 Å². The first-order valence-electron chi connectivity index (χ1n) is 11.4. The molecule has 31 heavy (non-hydrogen) atoms. The maximum absolute atomic E-state index is 13.5. The molecule has 2 aliphatic heterocycles. The van der Waals surface area contributed by atoms with Gasteiger partial charge in [-0.3, -0.25) is 14.6 Å². The van der Waals surface area contributed by atoms with Gasteiger partial charge in [-0.15, -0.1) is 0 Å². The van der Waals surface area contributed by atoms with E-state index < -0.39 is 5.54 Å². The van der Waals surface area contributed by atoms with Crippen LogP contribution in [0, 0.1) is 5.92 Å². The van der Waals surface area contributed by atoms with Gasteiger partial charge in [-0.1, -0.05) is 26.0 Å². The van der Waals surface area contributed by atoms with Crippen molar-refractivity contribution < 1.29 is 14.3 Å². The zero-order chi connectivity index (χ0) is 22.6. The van der Waals surface area contributed by atoms with Gasteiger partial charge in [0.2, 0.25) is 0 Å². The normalized spacial score (nSPS) is 19.3. The predicted molar refractivity (Wildman–Crippen MR) is 122 cm³/mol. The SMILES string of the molecule is COc1cccc(CN2CCC3(CC2)C(=O)N(CCN(C)C)C(=O)N3CCC(C)C)c1. The molecule has 1 aromatic carbocycles. The molecule has 0 radical (unpaired) electrons. The van der Waals surface area contributed by atoms with Crippen LogP contribution in [0.4, 0.5) is 4.79 Å². The van der Waals surface area contributed by atoms with Crippen molar-refractivity contribution in [1.29, 1.82) is 0 Å². The van der Waals surface area contributed by atoms with Gasteiger partial charge in [0, 0.05) is 39.3 Å². The van der Waals surface area contributed by atoms with Crippen LogP contribution in [0.25, 0.3) is 0 Å². The number of amides is 3. The van der Waals surface area contributed by atoms with Gasteiger partial charge in [-0.05, 0) is 57.0 Å². The minimum absolute atomic E-state index is 0.00383. The number of likely N-dealkylation sites (tertiary alicyclic amines) is 1. The summed E-state index contributed by atoms with van der Waals surface area (Å²) in [6.07, 6.45) is 2.30. The minimum Gasteiger partial charge on any atom is -0.497 e. The van der Waals surface area contributed by atoms with Gasteiger partial charge in [0.25, 0.3) is 5.91 Å². The van der Waals surface area contributed by atoms with Crippen LogP contribution >= 0.6 is 0 Å². The van der Waals surface area contributed by atoms with E-state index in [4.69, 9.17) is 4.74 Å². The summed E-state index contributed by atoms with van der Waals surface area (Å²) in [5.41, 5.74) is 0.525. The van der Waals surface area contributed by atoms with Crippen molar-refractivity contribution in [2.45, 2.75) is 45.2 Å². The highest BCUT2D eigenvalue weighted by atomic mass is 16.5. The molecule has 0 aliphatic carbocycles. The van der Waals surface area contributed by atoms with Crippen LogP contribution in [-0.2, 0) is 11.3 Å². The smallest absolute Gasteiger partial charge is 0.327 e. The number of likely N-dealkylation sites (N-methyl/N-ethyl adjacent to an activating group) is 1. The molecule has 1 aromatic rings. The van der Waals surface area contributed by atoms with Gasteiger partial charge in [-0.2, -0.15) is 0 Å². The molecule has 0 aromatic heterocycles. The van der Waals surface area contributed by atoms with Gasteiger partial charge in [0.05, 0.1) is 7.11 Å². The van der Waals surface area contributed by atoms with Crippen molar-refractivity contribution in [3.8, 4) is 5.75 Å². The highest BCUT2D eigenvalue weighted by Gasteiger charge is 2.57. The lowest BCUT2D eigenvalue weighted by molar-refractivity contribution is -0.135. The monoisotopic (exact) mass is 430 g/mol. The van der Waals surface area contributed by atoms with E-state index in [2.05, 4.69) is 30.9 Å². The van der Waals surface area contributed by atoms with E-state index >= 15 is 0 Å². The lowest BCUT2D eigenvalue weighted by atomic mass is 9.85. The molecule has 1 spiro atoms. The number of nitrogens with zero attached hydrogens (tertiary/aromatic N) is 4. The number of hydrogen-bond donors (Lipinski definition) is 0. The summed E-state index contributed by atoms with van der Waals surface area (Å²) in [6, 6.07) is 8.03. The van der Waals surface area contributed by atoms with Crippen molar-refractivity contribution in [1.82, 2.24) is 19.6 Å². The number of piperidine rings is 1. The molecule has 2 saturated heterocycles. The summed E-state index contributed by atoms with van der Waals surface area (Å²) >= 11 is 0. The van der Waals surface area contributed by atoms with E-state index in [0.29, 0.717) is 38.4 Å².